The summed E-state index contributed by atoms with van der Waals surface area (Å²) in [4.78, 5) is 0. The van der Waals surface area contributed by atoms with Crippen LogP contribution in [-0.4, -0.2) is 18.3 Å². The lowest BCUT2D eigenvalue weighted by molar-refractivity contribution is 0.300. The number of allylic oxidation sites excluding steroid dienone is 1. The Morgan fingerprint density at radius 3 is 2.70 bits per heavy atom. The highest BCUT2D eigenvalue weighted by Crippen LogP contribution is 2.42. The van der Waals surface area contributed by atoms with Crippen LogP contribution in [0.15, 0.2) is 35.9 Å². The minimum Gasteiger partial charge on any atom is -0.490 e. The smallest absolute Gasteiger partial charge is 0.119 e. The Bertz CT molecular complexity index is 466. The number of hydrogen-bond acceptors (Lipinski definition) is 2. The third kappa shape index (κ3) is 4.26. The monoisotopic (exact) mass is 294 g/mol. The summed E-state index contributed by atoms with van der Waals surface area (Å²) >= 11 is 5.83. The van der Waals surface area contributed by atoms with E-state index in [2.05, 4.69) is 26.8 Å². The fourth-order valence-corrected chi connectivity index (χ4v) is 2.36. The minimum atomic E-state index is 0.139. The topological polar surface area (TPSA) is 21.8 Å². The van der Waals surface area contributed by atoms with Crippen LogP contribution in [0.5, 0.6) is 5.75 Å². The summed E-state index contributed by atoms with van der Waals surface area (Å²) in [6.45, 7) is 7.13. The molecule has 2 rings (SSSR count). The van der Waals surface area contributed by atoms with Gasteiger partial charge in [0.2, 0.25) is 0 Å². The Kier molecular flexibility index (Phi) is 5.11. The van der Waals surface area contributed by atoms with Crippen molar-refractivity contribution in [3.05, 3.63) is 40.9 Å². The van der Waals surface area contributed by atoms with Crippen LogP contribution in [0.25, 0.3) is 0 Å². The maximum absolute atomic E-state index is 5.83. The maximum Gasteiger partial charge on any atom is 0.119 e. The first-order valence-corrected chi connectivity index (χ1v) is 7.63. The van der Waals surface area contributed by atoms with E-state index >= 15 is 0 Å². The SMILES string of the molecule is CCC1(C)OC1CCC(C)=CCOc1ccc(Cl)cc1. The van der Waals surface area contributed by atoms with Crippen LogP contribution < -0.4 is 4.74 Å². The van der Waals surface area contributed by atoms with Crippen molar-refractivity contribution in [2.75, 3.05) is 6.61 Å². The molecule has 1 aromatic carbocycles. The normalized spacial score (nSPS) is 25.6. The van der Waals surface area contributed by atoms with E-state index < -0.39 is 0 Å². The van der Waals surface area contributed by atoms with Crippen molar-refractivity contribution >= 4 is 11.6 Å². The van der Waals surface area contributed by atoms with E-state index in [4.69, 9.17) is 21.1 Å². The summed E-state index contributed by atoms with van der Waals surface area (Å²) < 4.78 is 11.4. The number of rotatable bonds is 7. The largest absolute Gasteiger partial charge is 0.490 e. The molecule has 2 nitrogen and oxygen atoms in total. The zero-order chi connectivity index (χ0) is 14.6. The van der Waals surface area contributed by atoms with Crippen molar-refractivity contribution in [3.63, 3.8) is 0 Å². The van der Waals surface area contributed by atoms with Gasteiger partial charge in [-0.05, 0) is 63.5 Å². The van der Waals surface area contributed by atoms with Crippen molar-refractivity contribution < 1.29 is 9.47 Å². The number of benzene rings is 1. The van der Waals surface area contributed by atoms with E-state index in [1.807, 2.05) is 24.3 Å². The van der Waals surface area contributed by atoms with E-state index in [-0.39, 0.29) is 5.60 Å². The summed E-state index contributed by atoms with van der Waals surface area (Å²) in [7, 11) is 0. The first-order chi connectivity index (χ1) is 9.53. The van der Waals surface area contributed by atoms with Crippen molar-refractivity contribution in [3.8, 4) is 5.75 Å². The zero-order valence-electron chi connectivity index (χ0n) is 12.5. The van der Waals surface area contributed by atoms with Gasteiger partial charge in [-0.3, -0.25) is 0 Å². The van der Waals surface area contributed by atoms with Crippen LogP contribution in [0, 0.1) is 0 Å². The average Bonchev–Trinajstić information content (AvgIpc) is 3.10. The fraction of sp³-hybridized carbons (Fsp3) is 0.529. The van der Waals surface area contributed by atoms with Gasteiger partial charge in [0.1, 0.15) is 12.4 Å². The molecule has 1 fully saturated rings. The fourth-order valence-electron chi connectivity index (χ4n) is 2.24. The lowest BCUT2D eigenvalue weighted by atomic mass is 9.99. The molecule has 0 aromatic heterocycles. The lowest BCUT2D eigenvalue weighted by Crippen LogP contribution is -2.07. The van der Waals surface area contributed by atoms with Gasteiger partial charge in [-0.25, -0.2) is 0 Å². The maximum atomic E-state index is 5.83. The average molecular weight is 295 g/mol. The van der Waals surface area contributed by atoms with Gasteiger partial charge in [0.25, 0.3) is 0 Å². The molecule has 3 heteroatoms. The van der Waals surface area contributed by atoms with E-state index in [1.54, 1.807) is 0 Å². The molecule has 110 valence electrons. The van der Waals surface area contributed by atoms with Crippen LogP contribution in [-0.2, 0) is 4.74 Å². The summed E-state index contributed by atoms with van der Waals surface area (Å²) in [6.07, 6.45) is 5.85. The molecular formula is C17H23ClO2. The first-order valence-electron chi connectivity index (χ1n) is 7.25. The molecule has 0 amide bonds. The highest BCUT2D eigenvalue weighted by molar-refractivity contribution is 6.30. The third-order valence-corrected chi connectivity index (χ3v) is 4.29. The van der Waals surface area contributed by atoms with Crippen molar-refractivity contribution in [1.29, 1.82) is 0 Å². The Balaban J connectivity index is 1.68. The number of epoxide rings is 1. The van der Waals surface area contributed by atoms with E-state index in [0.717, 1.165) is 30.0 Å². The first kappa shape index (κ1) is 15.4. The van der Waals surface area contributed by atoms with Crippen molar-refractivity contribution in [2.45, 2.75) is 51.7 Å². The highest BCUT2D eigenvalue weighted by Gasteiger charge is 2.49. The molecule has 1 aliphatic rings. The Hall–Kier alpha value is -0.990. The van der Waals surface area contributed by atoms with Crippen LogP contribution in [0.1, 0.15) is 40.0 Å². The van der Waals surface area contributed by atoms with E-state index in [1.165, 1.54) is 5.57 Å². The predicted octanol–water partition coefficient (Wildman–Crippen LogP) is 5.01. The Labute approximate surface area is 126 Å². The molecule has 2 atom stereocenters. The third-order valence-electron chi connectivity index (χ3n) is 4.03. The molecule has 20 heavy (non-hydrogen) atoms. The number of hydrogen-bond donors (Lipinski definition) is 0. The Morgan fingerprint density at radius 1 is 1.40 bits per heavy atom. The predicted molar refractivity (Wildman–Crippen MR) is 83.5 cm³/mol. The molecule has 1 heterocycles. The molecule has 1 aliphatic heterocycles. The lowest BCUT2D eigenvalue weighted by Gasteiger charge is -2.05. The van der Waals surface area contributed by atoms with Crippen molar-refractivity contribution in [1.82, 2.24) is 0 Å². The molecule has 0 N–H and O–H groups in total. The van der Waals surface area contributed by atoms with Gasteiger partial charge in [0.15, 0.2) is 0 Å². The second-order valence-corrected chi connectivity index (χ2v) is 6.06. The molecule has 1 saturated heterocycles. The summed E-state index contributed by atoms with van der Waals surface area (Å²) in [5.41, 5.74) is 1.49. The molecule has 0 bridgehead atoms. The second-order valence-electron chi connectivity index (χ2n) is 5.63. The van der Waals surface area contributed by atoms with Gasteiger partial charge in [0.05, 0.1) is 11.7 Å². The van der Waals surface area contributed by atoms with E-state index in [9.17, 15) is 0 Å². The minimum absolute atomic E-state index is 0.139. The van der Waals surface area contributed by atoms with Crippen molar-refractivity contribution in [2.24, 2.45) is 0 Å². The summed E-state index contributed by atoms with van der Waals surface area (Å²) in [5, 5.41) is 0.729. The van der Waals surface area contributed by atoms with Gasteiger partial charge in [-0.1, -0.05) is 24.1 Å². The van der Waals surface area contributed by atoms with E-state index in [0.29, 0.717) is 12.7 Å². The molecule has 0 aliphatic carbocycles. The van der Waals surface area contributed by atoms with Gasteiger partial charge < -0.3 is 9.47 Å². The van der Waals surface area contributed by atoms with Crippen LogP contribution in [0.3, 0.4) is 0 Å². The highest BCUT2D eigenvalue weighted by atomic mass is 35.5. The second kappa shape index (κ2) is 6.64. The molecule has 2 unspecified atom stereocenters. The molecule has 0 radical (unpaired) electrons. The van der Waals surface area contributed by atoms with Crippen LogP contribution in [0.4, 0.5) is 0 Å². The number of ether oxygens (including phenoxy) is 2. The van der Waals surface area contributed by atoms with Crippen LogP contribution >= 0.6 is 11.6 Å². The van der Waals surface area contributed by atoms with Gasteiger partial charge >= 0.3 is 0 Å². The summed E-state index contributed by atoms with van der Waals surface area (Å²) in [6, 6.07) is 7.44. The standard InChI is InChI=1S/C17H23ClO2/c1-4-17(3)16(20-17)10-5-13(2)11-12-19-15-8-6-14(18)7-9-15/h6-9,11,16H,4-5,10,12H2,1-3H3. The molecule has 0 saturated carbocycles. The summed E-state index contributed by atoms with van der Waals surface area (Å²) in [5.74, 6) is 0.850. The number of halogens is 1. The molecule has 1 aromatic rings. The molecular weight excluding hydrogens is 272 g/mol. The van der Waals surface area contributed by atoms with Crippen LogP contribution in [0.2, 0.25) is 5.02 Å². The Morgan fingerprint density at radius 2 is 2.10 bits per heavy atom. The van der Waals surface area contributed by atoms with Gasteiger partial charge in [0, 0.05) is 5.02 Å². The zero-order valence-corrected chi connectivity index (χ0v) is 13.2. The molecule has 0 spiro atoms. The van der Waals surface area contributed by atoms with Gasteiger partial charge in [-0.2, -0.15) is 0 Å². The quantitative estimate of drug-likeness (QED) is 0.521. The van der Waals surface area contributed by atoms with Gasteiger partial charge in [-0.15, -0.1) is 0 Å².